The summed E-state index contributed by atoms with van der Waals surface area (Å²) in [7, 11) is 0. The third-order valence-electron chi connectivity index (χ3n) is 4.42. The zero-order chi connectivity index (χ0) is 14.9. The number of halogens is 1. The molecule has 0 saturated heterocycles. The number of carbonyl (C=O) groups excluding carboxylic acids is 1. The number of pyridine rings is 1. The van der Waals surface area contributed by atoms with Crippen molar-refractivity contribution in [3.8, 4) is 0 Å². The van der Waals surface area contributed by atoms with E-state index < -0.39 is 12.1 Å². The molecule has 4 heteroatoms. The Bertz CT molecular complexity index is 1020. The highest BCUT2D eigenvalue weighted by molar-refractivity contribution is 6.10. The highest BCUT2D eigenvalue weighted by atomic mass is 19.1. The maximum absolute atomic E-state index is 14.3. The fourth-order valence-corrected chi connectivity index (χ4v) is 3.19. The van der Waals surface area contributed by atoms with Crippen LogP contribution in [0.2, 0.25) is 0 Å². The van der Waals surface area contributed by atoms with Crippen molar-refractivity contribution in [1.29, 1.82) is 0 Å². The van der Waals surface area contributed by atoms with Gasteiger partial charge in [-0.3, -0.25) is 14.2 Å². The minimum atomic E-state index is -1.70. The predicted octanol–water partition coefficient (Wildman–Crippen LogP) is 3.44. The van der Waals surface area contributed by atoms with Gasteiger partial charge in [0.1, 0.15) is 0 Å². The van der Waals surface area contributed by atoms with E-state index in [-0.39, 0.29) is 11.0 Å². The second-order valence-corrected chi connectivity index (χ2v) is 5.51. The first-order valence-corrected chi connectivity index (χ1v) is 6.78. The van der Waals surface area contributed by atoms with Crippen molar-refractivity contribution >= 4 is 27.7 Å². The number of aryl methyl sites for hydroxylation is 2. The summed E-state index contributed by atoms with van der Waals surface area (Å²) < 4.78 is 15.7. The number of hydrogen-bond donors (Lipinski definition) is 0. The smallest absolute Gasteiger partial charge is 0.270 e. The summed E-state index contributed by atoms with van der Waals surface area (Å²) in [4.78, 5) is 25.0. The molecule has 4 rings (SSSR count). The van der Waals surface area contributed by atoms with E-state index in [1.165, 1.54) is 4.57 Å². The Balaban J connectivity index is 2.43. The van der Waals surface area contributed by atoms with Gasteiger partial charge in [0.15, 0.2) is 5.43 Å². The number of rotatable bonds is 0. The second-order valence-electron chi connectivity index (χ2n) is 5.51. The molecule has 3 aromatic rings. The minimum Gasteiger partial charge on any atom is -0.288 e. The van der Waals surface area contributed by atoms with E-state index in [0.717, 1.165) is 11.1 Å². The fourth-order valence-electron chi connectivity index (χ4n) is 3.19. The van der Waals surface area contributed by atoms with Crippen LogP contribution in [0.3, 0.4) is 0 Å². The molecule has 0 saturated carbocycles. The van der Waals surface area contributed by atoms with Gasteiger partial charge in [-0.05, 0) is 37.1 Å². The standard InChI is InChI=1S/C17H12FNO2/c1-8-6-7-12-14(9(8)2)19-15-10(13(18)17(19)21)4-3-5-11(15)16(12)20/h3-7,13H,1-2H3. The van der Waals surface area contributed by atoms with Gasteiger partial charge in [-0.2, -0.15) is 0 Å². The SMILES string of the molecule is Cc1ccc2c(=O)c3cccc4c3n(c2c1C)C(=O)C4F. The molecule has 1 atom stereocenters. The van der Waals surface area contributed by atoms with Crippen LogP contribution in [0.4, 0.5) is 4.39 Å². The minimum absolute atomic E-state index is 0.150. The molecule has 0 amide bonds. The van der Waals surface area contributed by atoms with Crippen molar-refractivity contribution in [3.63, 3.8) is 0 Å². The first kappa shape index (κ1) is 12.3. The molecule has 0 fully saturated rings. The molecule has 2 aromatic carbocycles. The Labute approximate surface area is 119 Å². The van der Waals surface area contributed by atoms with Gasteiger partial charge in [-0.15, -0.1) is 0 Å². The molecule has 104 valence electrons. The maximum atomic E-state index is 14.3. The lowest BCUT2D eigenvalue weighted by molar-refractivity contribution is 0.0818. The monoisotopic (exact) mass is 281 g/mol. The number of hydrogen-bond acceptors (Lipinski definition) is 2. The largest absolute Gasteiger partial charge is 0.288 e. The third-order valence-corrected chi connectivity index (χ3v) is 4.42. The van der Waals surface area contributed by atoms with Crippen LogP contribution in [0, 0.1) is 13.8 Å². The van der Waals surface area contributed by atoms with E-state index >= 15 is 0 Å². The van der Waals surface area contributed by atoms with E-state index in [4.69, 9.17) is 0 Å². The predicted molar refractivity (Wildman–Crippen MR) is 79.7 cm³/mol. The number of aromatic nitrogens is 1. The average molecular weight is 281 g/mol. The normalized spacial score (nSPS) is 17.1. The molecule has 3 nitrogen and oxygen atoms in total. The number of para-hydroxylation sites is 1. The quantitative estimate of drug-likeness (QED) is 0.592. The third kappa shape index (κ3) is 1.32. The van der Waals surface area contributed by atoms with Crippen LogP contribution in [0.25, 0.3) is 21.8 Å². The van der Waals surface area contributed by atoms with E-state index in [0.29, 0.717) is 21.8 Å². The summed E-state index contributed by atoms with van der Waals surface area (Å²) in [6.07, 6.45) is -1.70. The Morgan fingerprint density at radius 3 is 2.48 bits per heavy atom. The summed E-state index contributed by atoms with van der Waals surface area (Å²) in [6, 6.07) is 8.42. The van der Waals surface area contributed by atoms with Gasteiger partial charge in [-0.25, -0.2) is 4.39 Å². The topological polar surface area (TPSA) is 39.1 Å². The van der Waals surface area contributed by atoms with Crippen LogP contribution in [0.15, 0.2) is 35.1 Å². The molecule has 0 aliphatic carbocycles. The molecular formula is C17H12FNO2. The second kappa shape index (κ2) is 3.79. The van der Waals surface area contributed by atoms with Gasteiger partial charge >= 0.3 is 0 Å². The lowest BCUT2D eigenvalue weighted by Crippen LogP contribution is -2.15. The summed E-state index contributed by atoms with van der Waals surface area (Å²) in [6.45, 7) is 3.77. The lowest BCUT2D eigenvalue weighted by atomic mass is 10.0. The van der Waals surface area contributed by atoms with Gasteiger partial charge < -0.3 is 0 Å². The molecule has 2 heterocycles. The summed E-state index contributed by atoms with van der Waals surface area (Å²) in [5.41, 5.74) is 2.90. The van der Waals surface area contributed by atoms with Gasteiger partial charge in [0, 0.05) is 16.3 Å². The number of nitrogens with zero attached hydrogens (tertiary/aromatic N) is 1. The number of fused-ring (bicyclic) bond motifs is 2. The van der Waals surface area contributed by atoms with Crippen molar-refractivity contribution in [3.05, 3.63) is 57.2 Å². The van der Waals surface area contributed by atoms with E-state index in [9.17, 15) is 14.0 Å². The zero-order valence-corrected chi connectivity index (χ0v) is 11.6. The maximum Gasteiger partial charge on any atom is 0.270 e. The first-order valence-electron chi connectivity index (χ1n) is 6.78. The molecular weight excluding hydrogens is 269 g/mol. The van der Waals surface area contributed by atoms with Crippen LogP contribution in [0.1, 0.15) is 27.7 Å². The highest BCUT2D eigenvalue weighted by Gasteiger charge is 2.34. The Hall–Kier alpha value is -2.49. The number of alkyl halides is 1. The van der Waals surface area contributed by atoms with E-state index in [2.05, 4.69) is 0 Å². The van der Waals surface area contributed by atoms with Crippen LogP contribution < -0.4 is 5.43 Å². The zero-order valence-electron chi connectivity index (χ0n) is 11.6. The van der Waals surface area contributed by atoms with Crippen LogP contribution >= 0.6 is 0 Å². The summed E-state index contributed by atoms with van der Waals surface area (Å²) in [5.74, 6) is -0.611. The molecule has 0 spiro atoms. The summed E-state index contributed by atoms with van der Waals surface area (Å²) in [5, 5.41) is 0.863. The Morgan fingerprint density at radius 2 is 1.71 bits per heavy atom. The van der Waals surface area contributed by atoms with Gasteiger partial charge in [0.2, 0.25) is 6.17 Å². The van der Waals surface area contributed by atoms with Gasteiger partial charge in [0.05, 0.1) is 11.0 Å². The highest BCUT2D eigenvalue weighted by Crippen LogP contribution is 2.37. The van der Waals surface area contributed by atoms with Crippen molar-refractivity contribution < 1.29 is 9.18 Å². The van der Waals surface area contributed by atoms with Crippen LogP contribution in [-0.4, -0.2) is 10.5 Å². The van der Waals surface area contributed by atoms with Crippen molar-refractivity contribution in [2.24, 2.45) is 0 Å². The first-order chi connectivity index (χ1) is 10.0. The van der Waals surface area contributed by atoms with Crippen molar-refractivity contribution in [2.45, 2.75) is 20.0 Å². The number of carbonyl (C=O) groups is 1. The average Bonchev–Trinajstić information content (AvgIpc) is 2.73. The van der Waals surface area contributed by atoms with Crippen molar-refractivity contribution in [1.82, 2.24) is 4.57 Å². The summed E-state index contributed by atoms with van der Waals surface area (Å²) >= 11 is 0. The molecule has 21 heavy (non-hydrogen) atoms. The molecule has 0 radical (unpaired) electrons. The Kier molecular flexibility index (Phi) is 2.21. The fraction of sp³-hybridized carbons (Fsp3) is 0.176. The van der Waals surface area contributed by atoms with Crippen LogP contribution in [-0.2, 0) is 0 Å². The lowest BCUT2D eigenvalue weighted by Gasteiger charge is -2.12. The van der Waals surface area contributed by atoms with Crippen LogP contribution in [0.5, 0.6) is 0 Å². The molecule has 1 aliphatic heterocycles. The van der Waals surface area contributed by atoms with Crippen molar-refractivity contribution in [2.75, 3.05) is 0 Å². The number of benzene rings is 2. The van der Waals surface area contributed by atoms with E-state index in [1.54, 1.807) is 24.3 Å². The molecule has 1 unspecified atom stereocenters. The molecule has 1 aromatic heterocycles. The molecule has 1 aliphatic rings. The Morgan fingerprint density at radius 1 is 1.00 bits per heavy atom. The van der Waals surface area contributed by atoms with Gasteiger partial charge in [-0.1, -0.05) is 18.2 Å². The van der Waals surface area contributed by atoms with E-state index in [1.807, 2.05) is 19.9 Å². The molecule has 0 bridgehead atoms. The molecule has 0 N–H and O–H groups in total. The van der Waals surface area contributed by atoms with Gasteiger partial charge in [0.25, 0.3) is 5.91 Å².